The zero-order valence-corrected chi connectivity index (χ0v) is 7.78. The van der Waals surface area contributed by atoms with Crippen molar-refractivity contribution in [1.29, 1.82) is 0 Å². The average molecular weight is 232 g/mol. The molecule has 1 unspecified atom stereocenters. The van der Waals surface area contributed by atoms with Crippen molar-refractivity contribution in [2.45, 2.75) is 19.5 Å². The van der Waals surface area contributed by atoms with Crippen LogP contribution in [0.1, 0.15) is 6.92 Å². The van der Waals surface area contributed by atoms with Gasteiger partial charge in [-0.2, -0.15) is 17.6 Å². The van der Waals surface area contributed by atoms with Crippen LogP contribution in [0.4, 0.5) is 22.0 Å². The van der Waals surface area contributed by atoms with Gasteiger partial charge in [0, 0.05) is 0 Å². The lowest BCUT2D eigenvalue weighted by atomic mass is 9.89. The summed E-state index contributed by atoms with van der Waals surface area (Å²) in [6.45, 7) is 1.51. The Balaban J connectivity index is 2.49. The third-order valence-corrected chi connectivity index (χ3v) is 1.97. The average Bonchev–Trinajstić information content (AvgIpc) is 2.07. The van der Waals surface area contributed by atoms with Crippen LogP contribution < -0.4 is 0 Å². The van der Waals surface area contributed by atoms with Crippen molar-refractivity contribution in [3.05, 3.63) is 12.1 Å². The molecule has 1 heterocycles. The SMILES string of the molecule is CC1(C(F)OC=C(F)C(F)(F)F)COC1. The van der Waals surface area contributed by atoms with E-state index in [1.807, 2.05) is 0 Å². The Bertz CT molecular complexity index is 256. The van der Waals surface area contributed by atoms with Crippen LogP contribution in [0.15, 0.2) is 12.1 Å². The Kier molecular flexibility index (Phi) is 3.22. The summed E-state index contributed by atoms with van der Waals surface area (Å²) in [5.41, 5.74) is -0.998. The molecule has 1 aliphatic heterocycles. The highest BCUT2D eigenvalue weighted by molar-refractivity contribution is 4.95. The monoisotopic (exact) mass is 232 g/mol. The van der Waals surface area contributed by atoms with Crippen molar-refractivity contribution in [2.24, 2.45) is 5.41 Å². The predicted molar refractivity (Wildman–Crippen MR) is 40.2 cm³/mol. The van der Waals surface area contributed by atoms with Crippen LogP contribution >= 0.6 is 0 Å². The molecule has 0 aromatic carbocycles. The molecular weight excluding hydrogens is 223 g/mol. The maximum Gasteiger partial charge on any atom is 0.446 e. The smallest absolute Gasteiger partial charge is 0.446 e. The summed E-state index contributed by atoms with van der Waals surface area (Å²) >= 11 is 0. The van der Waals surface area contributed by atoms with Crippen molar-refractivity contribution in [3.63, 3.8) is 0 Å². The van der Waals surface area contributed by atoms with E-state index < -0.39 is 23.8 Å². The largest absolute Gasteiger partial charge is 0.464 e. The van der Waals surface area contributed by atoms with Gasteiger partial charge in [-0.3, -0.25) is 0 Å². The third-order valence-electron chi connectivity index (χ3n) is 1.97. The molecule has 0 bridgehead atoms. The molecule has 0 saturated carbocycles. The van der Waals surface area contributed by atoms with Gasteiger partial charge in [0.25, 0.3) is 0 Å². The fourth-order valence-corrected chi connectivity index (χ4v) is 0.906. The van der Waals surface area contributed by atoms with Crippen molar-refractivity contribution in [1.82, 2.24) is 0 Å². The quantitative estimate of drug-likeness (QED) is 0.550. The van der Waals surface area contributed by atoms with Crippen LogP contribution in [0, 0.1) is 5.41 Å². The van der Waals surface area contributed by atoms with Crippen molar-refractivity contribution in [3.8, 4) is 0 Å². The molecule has 0 spiro atoms. The Labute approximate surface area is 82.7 Å². The van der Waals surface area contributed by atoms with E-state index in [2.05, 4.69) is 9.47 Å². The molecule has 1 fully saturated rings. The normalized spacial score (nSPS) is 23.2. The molecule has 2 nitrogen and oxygen atoms in total. The maximum atomic E-state index is 13.1. The summed E-state index contributed by atoms with van der Waals surface area (Å²) in [4.78, 5) is 0. The van der Waals surface area contributed by atoms with E-state index in [-0.39, 0.29) is 19.5 Å². The summed E-state index contributed by atoms with van der Waals surface area (Å²) in [5, 5.41) is 0. The third kappa shape index (κ3) is 2.80. The zero-order valence-electron chi connectivity index (χ0n) is 7.78. The minimum atomic E-state index is -5.14. The van der Waals surface area contributed by atoms with Gasteiger partial charge in [-0.1, -0.05) is 0 Å². The molecule has 0 amide bonds. The number of ether oxygens (including phenoxy) is 2. The molecule has 1 saturated heterocycles. The summed E-state index contributed by atoms with van der Waals surface area (Å²) in [5.74, 6) is -2.46. The minimum Gasteiger partial charge on any atom is -0.464 e. The Morgan fingerprint density at radius 3 is 2.33 bits per heavy atom. The van der Waals surface area contributed by atoms with Gasteiger partial charge in [0.1, 0.15) is 6.26 Å². The summed E-state index contributed by atoms with van der Waals surface area (Å²) in [6.07, 6.45) is -7.41. The standard InChI is InChI=1S/C8H9F5O2/c1-7(3-14-4-7)6(10)15-2-5(9)8(11,12)13/h2,6H,3-4H2,1H3. The predicted octanol–water partition coefficient (Wildman–Crippen LogP) is 2.71. The van der Waals surface area contributed by atoms with E-state index in [0.717, 1.165) is 0 Å². The van der Waals surface area contributed by atoms with Gasteiger partial charge in [0.05, 0.1) is 18.6 Å². The number of hydrogen-bond acceptors (Lipinski definition) is 2. The van der Waals surface area contributed by atoms with Gasteiger partial charge in [0.15, 0.2) is 0 Å². The number of rotatable bonds is 3. The first-order valence-corrected chi connectivity index (χ1v) is 4.06. The topological polar surface area (TPSA) is 18.5 Å². The molecule has 0 radical (unpaired) electrons. The van der Waals surface area contributed by atoms with E-state index in [1.165, 1.54) is 6.92 Å². The van der Waals surface area contributed by atoms with Gasteiger partial charge in [0.2, 0.25) is 12.2 Å². The first-order chi connectivity index (χ1) is 6.76. The van der Waals surface area contributed by atoms with Crippen LogP contribution in [0.2, 0.25) is 0 Å². The molecule has 7 heteroatoms. The summed E-state index contributed by atoms with van der Waals surface area (Å²) in [7, 11) is 0. The Hall–Kier alpha value is -0.850. The van der Waals surface area contributed by atoms with Gasteiger partial charge in [-0.15, -0.1) is 0 Å². The first-order valence-electron chi connectivity index (χ1n) is 4.06. The number of halogens is 5. The maximum absolute atomic E-state index is 13.1. The van der Waals surface area contributed by atoms with Crippen LogP contribution in [0.25, 0.3) is 0 Å². The van der Waals surface area contributed by atoms with Crippen LogP contribution in [-0.4, -0.2) is 25.7 Å². The van der Waals surface area contributed by atoms with Gasteiger partial charge in [-0.25, -0.2) is 4.39 Å². The van der Waals surface area contributed by atoms with E-state index in [0.29, 0.717) is 0 Å². The molecule has 0 aromatic heterocycles. The van der Waals surface area contributed by atoms with Crippen LogP contribution in [-0.2, 0) is 9.47 Å². The lowest BCUT2D eigenvalue weighted by molar-refractivity contribution is -0.205. The second-order valence-electron chi connectivity index (χ2n) is 3.56. The lowest BCUT2D eigenvalue weighted by Gasteiger charge is -2.39. The minimum absolute atomic E-state index is 0.0373. The molecule has 88 valence electrons. The highest BCUT2D eigenvalue weighted by Gasteiger charge is 2.44. The molecule has 0 aliphatic carbocycles. The first kappa shape index (κ1) is 12.2. The van der Waals surface area contributed by atoms with E-state index in [4.69, 9.17) is 0 Å². The second kappa shape index (κ2) is 3.96. The van der Waals surface area contributed by atoms with Gasteiger partial charge < -0.3 is 9.47 Å². The van der Waals surface area contributed by atoms with Gasteiger partial charge >= 0.3 is 6.18 Å². The number of allylic oxidation sites excluding steroid dienone is 1. The van der Waals surface area contributed by atoms with E-state index in [1.54, 1.807) is 0 Å². The second-order valence-corrected chi connectivity index (χ2v) is 3.56. The molecule has 1 atom stereocenters. The van der Waals surface area contributed by atoms with E-state index in [9.17, 15) is 22.0 Å². The van der Waals surface area contributed by atoms with Crippen LogP contribution in [0.5, 0.6) is 0 Å². The molecule has 0 N–H and O–H groups in total. The fraction of sp³-hybridized carbons (Fsp3) is 0.750. The summed E-state index contributed by atoms with van der Waals surface area (Å²) < 4.78 is 68.9. The lowest BCUT2D eigenvalue weighted by Crippen LogP contribution is -2.47. The molecular formula is C8H9F5O2. The van der Waals surface area contributed by atoms with Crippen molar-refractivity contribution >= 4 is 0 Å². The zero-order chi connectivity index (χ0) is 11.7. The number of alkyl halides is 4. The number of hydrogen-bond donors (Lipinski definition) is 0. The van der Waals surface area contributed by atoms with Crippen molar-refractivity contribution < 1.29 is 31.4 Å². The van der Waals surface area contributed by atoms with E-state index >= 15 is 0 Å². The molecule has 15 heavy (non-hydrogen) atoms. The molecule has 0 aromatic rings. The Morgan fingerprint density at radius 1 is 1.47 bits per heavy atom. The van der Waals surface area contributed by atoms with Crippen LogP contribution in [0.3, 0.4) is 0 Å². The van der Waals surface area contributed by atoms with Gasteiger partial charge in [-0.05, 0) is 6.92 Å². The molecule has 1 aliphatic rings. The highest BCUT2D eigenvalue weighted by atomic mass is 19.4. The Morgan fingerprint density at radius 2 is 2.00 bits per heavy atom. The summed E-state index contributed by atoms with van der Waals surface area (Å²) in [6, 6.07) is 0. The molecule has 1 rings (SSSR count). The van der Waals surface area contributed by atoms with Crippen molar-refractivity contribution in [2.75, 3.05) is 13.2 Å². The highest BCUT2D eigenvalue weighted by Crippen LogP contribution is 2.34. The fourth-order valence-electron chi connectivity index (χ4n) is 0.906.